The maximum atomic E-state index is 12.2. The summed E-state index contributed by atoms with van der Waals surface area (Å²) in [6.07, 6.45) is 0.873. The SMILES string of the molecule is COc1c(N)cccc1C(=O)NC1CCOC1C. The maximum absolute atomic E-state index is 12.2. The Bertz CT molecular complexity index is 448. The molecule has 0 aliphatic carbocycles. The Kier molecular flexibility index (Phi) is 3.72. The molecule has 1 heterocycles. The highest BCUT2D eigenvalue weighted by atomic mass is 16.5. The summed E-state index contributed by atoms with van der Waals surface area (Å²) in [6, 6.07) is 5.19. The minimum atomic E-state index is -0.179. The van der Waals surface area contributed by atoms with E-state index in [1.54, 1.807) is 18.2 Å². The van der Waals surface area contributed by atoms with Crippen LogP contribution >= 0.6 is 0 Å². The third kappa shape index (κ3) is 2.41. The number of benzene rings is 1. The first kappa shape index (κ1) is 12.7. The smallest absolute Gasteiger partial charge is 0.255 e. The van der Waals surface area contributed by atoms with E-state index in [1.807, 2.05) is 6.92 Å². The second-order valence-corrected chi connectivity index (χ2v) is 4.37. The van der Waals surface area contributed by atoms with Gasteiger partial charge in [0, 0.05) is 6.61 Å². The lowest BCUT2D eigenvalue weighted by Crippen LogP contribution is -2.39. The van der Waals surface area contributed by atoms with Gasteiger partial charge in [0.15, 0.2) is 5.75 Å². The Balaban J connectivity index is 2.16. The van der Waals surface area contributed by atoms with Gasteiger partial charge in [-0.25, -0.2) is 0 Å². The Morgan fingerprint density at radius 2 is 2.33 bits per heavy atom. The van der Waals surface area contributed by atoms with Crippen molar-refractivity contribution < 1.29 is 14.3 Å². The predicted molar refractivity (Wildman–Crippen MR) is 68.7 cm³/mol. The summed E-state index contributed by atoms with van der Waals surface area (Å²) in [5.74, 6) is 0.239. The number of nitrogen functional groups attached to an aromatic ring is 1. The van der Waals surface area contributed by atoms with Gasteiger partial charge in [-0.15, -0.1) is 0 Å². The topological polar surface area (TPSA) is 73.6 Å². The first-order valence-electron chi connectivity index (χ1n) is 5.98. The standard InChI is InChI=1S/C13H18N2O3/c1-8-11(6-7-18-8)15-13(16)9-4-3-5-10(14)12(9)17-2/h3-5,8,11H,6-7,14H2,1-2H3,(H,15,16). The molecule has 2 unspecified atom stereocenters. The van der Waals surface area contributed by atoms with Crippen molar-refractivity contribution >= 4 is 11.6 Å². The number of para-hydroxylation sites is 1. The molecule has 1 fully saturated rings. The number of carbonyl (C=O) groups excluding carboxylic acids is 1. The van der Waals surface area contributed by atoms with Crippen LogP contribution in [0.1, 0.15) is 23.7 Å². The van der Waals surface area contributed by atoms with Gasteiger partial charge in [0.1, 0.15) is 0 Å². The fourth-order valence-corrected chi connectivity index (χ4v) is 2.13. The Hall–Kier alpha value is -1.75. The van der Waals surface area contributed by atoms with E-state index in [4.69, 9.17) is 15.2 Å². The molecule has 1 aromatic rings. The Morgan fingerprint density at radius 3 is 2.94 bits per heavy atom. The molecule has 2 atom stereocenters. The molecule has 2 rings (SSSR count). The predicted octanol–water partition coefficient (Wildman–Crippen LogP) is 1.18. The quantitative estimate of drug-likeness (QED) is 0.790. The van der Waals surface area contributed by atoms with E-state index in [1.165, 1.54) is 7.11 Å². The summed E-state index contributed by atoms with van der Waals surface area (Å²) in [6.45, 7) is 2.63. The van der Waals surface area contributed by atoms with Crippen molar-refractivity contribution in [2.24, 2.45) is 0 Å². The fourth-order valence-electron chi connectivity index (χ4n) is 2.13. The molecule has 0 radical (unpaired) electrons. The van der Waals surface area contributed by atoms with Crippen LogP contribution in [0, 0.1) is 0 Å². The number of ether oxygens (including phenoxy) is 2. The van der Waals surface area contributed by atoms with Crippen molar-refractivity contribution in [1.82, 2.24) is 5.32 Å². The van der Waals surface area contributed by atoms with E-state index in [-0.39, 0.29) is 18.1 Å². The molecule has 5 heteroatoms. The van der Waals surface area contributed by atoms with Crippen LogP contribution in [0.4, 0.5) is 5.69 Å². The van der Waals surface area contributed by atoms with Gasteiger partial charge in [-0.3, -0.25) is 4.79 Å². The zero-order chi connectivity index (χ0) is 13.1. The zero-order valence-electron chi connectivity index (χ0n) is 10.6. The van der Waals surface area contributed by atoms with Crippen LogP contribution in [0.25, 0.3) is 0 Å². The molecule has 1 aromatic carbocycles. The van der Waals surface area contributed by atoms with Gasteiger partial charge in [-0.2, -0.15) is 0 Å². The third-order valence-electron chi connectivity index (χ3n) is 3.19. The van der Waals surface area contributed by atoms with Crippen LogP contribution in [0.2, 0.25) is 0 Å². The molecule has 0 bridgehead atoms. The van der Waals surface area contributed by atoms with Crippen LogP contribution in [-0.4, -0.2) is 31.8 Å². The number of rotatable bonds is 3. The number of nitrogens with two attached hydrogens (primary N) is 1. The first-order valence-corrected chi connectivity index (χ1v) is 5.98. The van der Waals surface area contributed by atoms with Crippen molar-refractivity contribution in [2.45, 2.75) is 25.5 Å². The molecule has 1 saturated heterocycles. The van der Waals surface area contributed by atoms with Crippen molar-refractivity contribution in [2.75, 3.05) is 19.5 Å². The number of carbonyl (C=O) groups is 1. The number of nitrogens with one attached hydrogen (secondary N) is 1. The van der Waals surface area contributed by atoms with Gasteiger partial charge < -0.3 is 20.5 Å². The van der Waals surface area contributed by atoms with E-state index in [9.17, 15) is 4.79 Å². The molecule has 0 aromatic heterocycles. The van der Waals surface area contributed by atoms with Crippen LogP contribution < -0.4 is 15.8 Å². The highest BCUT2D eigenvalue weighted by Gasteiger charge is 2.27. The van der Waals surface area contributed by atoms with Gasteiger partial charge in [0.2, 0.25) is 0 Å². The molecule has 1 amide bonds. The summed E-state index contributed by atoms with van der Waals surface area (Å²) >= 11 is 0. The minimum absolute atomic E-state index is 0.0426. The third-order valence-corrected chi connectivity index (χ3v) is 3.19. The molecule has 3 N–H and O–H groups in total. The van der Waals surface area contributed by atoms with Crippen LogP contribution in [0.3, 0.4) is 0 Å². The lowest BCUT2D eigenvalue weighted by Gasteiger charge is -2.17. The molecule has 18 heavy (non-hydrogen) atoms. The summed E-state index contributed by atoms with van der Waals surface area (Å²) in [4.78, 5) is 12.2. The average Bonchev–Trinajstić information content (AvgIpc) is 2.74. The molecule has 0 saturated carbocycles. The molecule has 0 spiro atoms. The van der Waals surface area contributed by atoms with Crippen molar-refractivity contribution in [3.63, 3.8) is 0 Å². The molecular formula is C13H18N2O3. The van der Waals surface area contributed by atoms with Gasteiger partial charge in [0.05, 0.1) is 30.5 Å². The van der Waals surface area contributed by atoms with Crippen LogP contribution in [0.5, 0.6) is 5.75 Å². The minimum Gasteiger partial charge on any atom is -0.494 e. The van der Waals surface area contributed by atoms with Crippen molar-refractivity contribution in [3.8, 4) is 5.75 Å². The maximum Gasteiger partial charge on any atom is 0.255 e. The second kappa shape index (κ2) is 5.27. The summed E-state index contributed by atoms with van der Waals surface area (Å²) < 4.78 is 10.6. The van der Waals surface area contributed by atoms with Gasteiger partial charge >= 0.3 is 0 Å². The van der Waals surface area contributed by atoms with Crippen LogP contribution in [-0.2, 0) is 4.74 Å². The summed E-state index contributed by atoms with van der Waals surface area (Å²) in [5.41, 5.74) is 6.69. The van der Waals surface area contributed by atoms with E-state index in [0.29, 0.717) is 23.6 Å². The van der Waals surface area contributed by atoms with E-state index in [0.717, 1.165) is 6.42 Å². The molecule has 98 valence electrons. The highest BCUT2D eigenvalue weighted by Crippen LogP contribution is 2.26. The molecule has 1 aliphatic heterocycles. The van der Waals surface area contributed by atoms with E-state index >= 15 is 0 Å². The fraction of sp³-hybridized carbons (Fsp3) is 0.462. The van der Waals surface area contributed by atoms with Crippen molar-refractivity contribution in [3.05, 3.63) is 23.8 Å². The number of anilines is 1. The molecule has 1 aliphatic rings. The number of methoxy groups -OCH3 is 1. The number of hydrogen-bond acceptors (Lipinski definition) is 4. The normalized spacial score (nSPS) is 22.8. The average molecular weight is 250 g/mol. The van der Waals surface area contributed by atoms with E-state index in [2.05, 4.69) is 5.32 Å². The van der Waals surface area contributed by atoms with Crippen molar-refractivity contribution in [1.29, 1.82) is 0 Å². The van der Waals surface area contributed by atoms with E-state index < -0.39 is 0 Å². The van der Waals surface area contributed by atoms with Gasteiger partial charge in [-0.05, 0) is 25.5 Å². The van der Waals surface area contributed by atoms with Gasteiger partial charge in [0.25, 0.3) is 5.91 Å². The number of amides is 1. The molecule has 5 nitrogen and oxygen atoms in total. The second-order valence-electron chi connectivity index (χ2n) is 4.37. The number of hydrogen-bond donors (Lipinski definition) is 2. The lowest BCUT2D eigenvalue weighted by molar-refractivity contribution is 0.0863. The first-order chi connectivity index (χ1) is 8.63. The Morgan fingerprint density at radius 1 is 1.56 bits per heavy atom. The summed E-state index contributed by atoms with van der Waals surface area (Å²) in [5, 5.41) is 2.95. The Labute approximate surface area is 106 Å². The largest absolute Gasteiger partial charge is 0.494 e. The lowest BCUT2D eigenvalue weighted by atomic mass is 10.1. The highest BCUT2D eigenvalue weighted by molar-refractivity contribution is 5.98. The van der Waals surface area contributed by atoms with Gasteiger partial charge in [-0.1, -0.05) is 6.07 Å². The summed E-state index contributed by atoms with van der Waals surface area (Å²) in [7, 11) is 1.50. The zero-order valence-corrected chi connectivity index (χ0v) is 10.6. The van der Waals surface area contributed by atoms with Crippen LogP contribution in [0.15, 0.2) is 18.2 Å². The monoisotopic (exact) mass is 250 g/mol. The molecular weight excluding hydrogens is 232 g/mol.